The zero-order chi connectivity index (χ0) is 20.7. The zero-order valence-corrected chi connectivity index (χ0v) is 15.8. The van der Waals surface area contributed by atoms with Gasteiger partial charge in [-0.1, -0.05) is 19.1 Å². The summed E-state index contributed by atoms with van der Waals surface area (Å²) in [5, 5.41) is 41.5. The van der Waals surface area contributed by atoms with E-state index in [-0.39, 0.29) is 12.5 Å². The molecule has 4 unspecified atom stereocenters. The molecule has 0 spiro atoms. The first kappa shape index (κ1) is 21.8. The highest BCUT2D eigenvalue weighted by atomic mass is 16.6. The van der Waals surface area contributed by atoms with Gasteiger partial charge >= 0.3 is 0 Å². The van der Waals surface area contributed by atoms with E-state index in [1.165, 1.54) is 6.20 Å². The van der Waals surface area contributed by atoms with E-state index in [0.29, 0.717) is 17.7 Å². The number of benzene rings is 1. The maximum atomic E-state index is 11.7. The Labute approximate surface area is 163 Å². The van der Waals surface area contributed by atoms with Crippen molar-refractivity contribution in [2.24, 2.45) is 5.92 Å². The number of aromatic nitrogens is 1. The van der Waals surface area contributed by atoms with Gasteiger partial charge in [-0.05, 0) is 36.1 Å². The molecular weight excluding hydrogens is 364 g/mol. The lowest BCUT2D eigenvalue weighted by atomic mass is 9.96. The molecule has 5 N–H and O–H groups in total. The number of aliphatic hydroxyl groups excluding tert-OH is 4. The molecule has 0 fully saturated rings. The Morgan fingerprint density at radius 2 is 1.79 bits per heavy atom. The molecule has 0 bridgehead atoms. The number of nitrogens with zero attached hydrogens (tertiary/aromatic N) is 1. The van der Waals surface area contributed by atoms with Gasteiger partial charge < -0.3 is 30.5 Å². The van der Waals surface area contributed by atoms with Crippen LogP contribution in [0.25, 0.3) is 11.1 Å². The molecule has 4 atom stereocenters. The molecule has 0 aliphatic rings. The highest BCUT2D eigenvalue weighted by Crippen LogP contribution is 2.24. The fraction of sp³-hybridized carbons (Fsp3) is 0.400. The van der Waals surface area contributed by atoms with Gasteiger partial charge in [0.15, 0.2) is 0 Å². The number of aliphatic hydroxyl groups is 4. The van der Waals surface area contributed by atoms with Gasteiger partial charge in [-0.2, -0.15) is 0 Å². The van der Waals surface area contributed by atoms with Gasteiger partial charge in [0.05, 0.1) is 11.7 Å². The first-order valence-electron chi connectivity index (χ1n) is 8.96. The van der Waals surface area contributed by atoms with Crippen molar-refractivity contribution in [3.8, 4) is 16.9 Å². The molecule has 0 aliphatic carbocycles. The molecule has 0 aliphatic heterocycles. The second-order valence-corrected chi connectivity index (χ2v) is 6.54. The molecular formula is C20H26N2O6. The van der Waals surface area contributed by atoms with Gasteiger partial charge in [-0.25, -0.2) is 0 Å². The Bertz CT molecular complexity index is 768. The molecule has 152 valence electrons. The molecule has 0 saturated heterocycles. The largest absolute Gasteiger partial charge is 0.462 e. The van der Waals surface area contributed by atoms with E-state index in [1.54, 1.807) is 50.5 Å². The van der Waals surface area contributed by atoms with E-state index >= 15 is 0 Å². The number of nitrogens with one attached hydrogen (secondary N) is 1. The van der Waals surface area contributed by atoms with E-state index < -0.39 is 24.4 Å². The van der Waals surface area contributed by atoms with Crippen molar-refractivity contribution >= 4 is 5.91 Å². The summed E-state index contributed by atoms with van der Waals surface area (Å²) in [4.78, 5) is 15.8. The van der Waals surface area contributed by atoms with Gasteiger partial charge in [-0.3, -0.25) is 9.78 Å². The van der Waals surface area contributed by atoms with Gasteiger partial charge in [-0.15, -0.1) is 0 Å². The summed E-state index contributed by atoms with van der Waals surface area (Å²) in [6.45, 7) is 1.53. The normalized spacial score (nSPS) is 15.4. The Balaban J connectivity index is 2.05. The molecule has 1 aromatic carbocycles. The van der Waals surface area contributed by atoms with Gasteiger partial charge in [0.1, 0.15) is 11.9 Å². The molecule has 1 amide bonds. The monoisotopic (exact) mass is 390 g/mol. The van der Waals surface area contributed by atoms with Crippen LogP contribution in [-0.2, 0) is 0 Å². The number of carbonyl (C=O) groups is 1. The third-order valence-electron chi connectivity index (χ3n) is 4.48. The van der Waals surface area contributed by atoms with E-state index in [1.807, 2.05) is 0 Å². The minimum atomic E-state index is -1.62. The summed E-state index contributed by atoms with van der Waals surface area (Å²) < 4.78 is 5.30. The lowest BCUT2D eigenvalue weighted by Crippen LogP contribution is -2.44. The van der Waals surface area contributed by atoms with Crippen LogP contribution in [-0.4, -0.2) is 63.5 Å². The first-order chi connectivity index (χ1) is 13.4. The number of ether oxygens (including phenoxy) is 1. The summed E-state index contributed by atoms with van der Waals surface area (Å²) in [5.41, 5.74) is 1.96. The van der Waals surface area contributed by atoms with E-state index in [4.69, 9.17) is 9.84 Å². The molecule has 1 aromatic heterocycles. The zero-order valence-electron chi connectivity index (χ0n) is 15.8. The van der Waals surface area contributed by atoms with Crippen LogP contribution in [0.4, 0.5) is 0 Å². The molecule has 1 heterocycles. The Morgan fingerprint density at radius 3 is 2.39 bits per heavy atom. The topological polar surface area (TPSA) is 132 Å². The van der Waals surface area contributed by atoms with Crippen LogP contribution < -0.4 is 10.1 Å². The number of rotatable bonds is 9. The van der Waals surface area contributed by atoms with Crippen LogP contribution in [0, 0.1) is 5.92 Å². The molecule has 2 aromatic rings. The van der Waals surface area contributed by atoms with Crippen molar-refractivity contribution < 1.29 is 30.0 Å². The lowest BCUT2D eigenvalue weighted by Gasteiger charge is -2.27. The SMILES string of the molecule is CNC(=O)c1cncc(-c2ccc(OC(O)C(O)C(O)C(C)CCO)cc2)c1. The molecule has 8 nitrogen and oxygen atoms in total. The Hall–Kier alpha value is -2.52. The van der Waals surface area contributed by atoms with Crippen LogP contribution in [0.3, 0.4) is 0 Å². The van der Waals surface area contributed by atoms with Gasteiger partial charge in [0.2, 0.25) is 6.29 Å². The molecule has 2 rings (SSSR count). The number of hydrogen-bond donors (Lipinski definition) is 5. The molecule has 8 heteroatoms. The fourth-order valence-corrected chi connectivity index (χ4v) is 2.68. The van der Waals surface area contributed by atoms with Crippen LogP contribution >= 0.6 is 0 Å². The predicted octanol–water partition coefficient (Wildman–Crippen LogP) is 0.546. The van der Waals surface area contributed by atoms with E-state index in [9.17, 15) is 20.1 Å². The van der Waals surface area contributed by atoms with Crippen LogP contribution in [0.15, 0.2) is 42.7 Å². The van der Waals surface area contributed by atoms with Gasteiger partial charge in [0.25, 0.3) is 5.91 Å². The maximum absolute atomic E-state index is 11.7. The maximum Gasteiger partial charge on any atom is 0.252 e. The highest BCUT2D eigenvalue weighted by Gasteiger charge is 2.30. The third kappa shape index (κ3) is 5.49. The minimum absolute atomic E-state index is 0.126. The number of hydrogen-bond acceptors (Lipinski definition) is 7. The quantitative estimate of drug-likeness (QED) is 0.395. The first-order valence-corrected chi connectivity index (χ1v) is 8.96. The minimum Gasteiger partial charge on any atom is -0.462 e. The number of pyridine rings is 1. The standard InChI is InChI=1S/C20H26N2O6/c1-12(7-8-23)17(24)18(25)20(27)28-16-5-3-13(4-6-16)14-9-15(11-22-10-14)19(26)21-2/h3-6,9-12,17-18,20,23-25,27H,7-8H2,1-2H3,(H,21,26). The summed E-state index contributed by atoms with van der Waals surface area (Å²) in [6.07, 6.45) is -0.988. The van der Waals surface area contributed by atoms with Crippen molar-refractivity contribution in [2.45, 2.75) is 31.8 Å². The van der Waals surface area contributed by atoms with Crippen molar-refractivity contribution in [2.75, 3.05) is 13.7 Å². The van der Waals surface area contributed by atoms with E-state index in [0.717, 1.165) is 11.1 Å². The Kier molecular flexibility index (Phi) is 7.89. The van der Waals surface area contributed by atoms with Crippen LogP contribution in [0.5, 0.6) is 5.75 Å². The van der Waals surface area contributed by atoms with Crippen molar-refractivity contribution in [1.82, 2.24) is 10.3 Å². The van der Waals surface area contributed by atoms with Crippen LogP contribution in [0.2, 0.25) is 0 Å². The Morgan fingerprint density at radius 1 is 1.11 bits per heavy atom. The van der Waals surface area contributed by atoms with Crippen LogP contribution in [0.1, 0.15) is 23.7 Å². The lowest BCUT2D eigenvalue weighted by molar-refractivity contribution is -0.154. The summed E-state index contributed by atoms with van der Waals surface area (Å²) in [6, 6.07) is 8.36. The fourth-order valence-electron chi connectivity index (χ4n) is 2.68. The third-order valence-corrected chi connectivity index (χ3v) is 4.48. The molecule has 0 radical (unpaired) electrons. The summed E-state index contributed by atoms with van der Waals surface area (Å²) in [7, 11) is 1.54. The molecule has 0 saturated carbocycles. The second kappa shape index (κ2) is 10.1. The smallest absolute Gasteiger partial charge is 0.252 e. The average Bonchev–Trinajstić information content (AvgIpc) is 2.72. The highest BCUT2D eigenvalue weighted by molar-refractivity contribution is 5.94. The second-order valence-electron chi connectivity index (χ2n) is 6.54. The number of carbonyl (C=O) groups excluding carboxylic acids is 1. The summed E-state index contributed by atoms with van der Waals surface area (Å²) in [5.74, 6) is -0.339. The summed E-state index contributed by atoms with van der Waals surface area (Å²) >= 11 is 0. The van der Waals surface area contributed by atoms with Gasteiger partial charge in [0, 0.05) is 31.6 Å². The number of amides is 1. The van der Waals surface area contributed by atoms with Crippen molar-refractivity contribution in [3.63, 3.8) is 0 Å². The predicted molar refractivity (Wildman–Crippen MR) is 103 cm³/mol. The average molecular weight is 390 g/mol. The van der Waals surface area contributed by atoms with Crippen molar-refractivity contribution in [3.05, 3.63) is 48.3 Å². The van der Waals surface area contributed by atoms with Crippen molar-refractivity contribution in [1.29, 1.82) is 0 Å². The van der Waals surface area contributed by atoms with E-state index in [2.05, 4.69) is 10.3 Å². The molecule has 28 heavy (non-hydrogen) atoms.